The summed E-state index contributed by atoms with van der Waals surface area (Å²) in [5, 5.41) is 1.21. The molecule has 0 aromatic carbocycles. The summed E-state index contributed by atoms with van der Waals surface area (Å²) in [6.07, 6.45) is 1.17. The van der Waals surface area contributed by atoms with Crippen molar-refractivity contribution in [3.05, 3.63) is 29.5 Å². The van der Waals surface area contributed by atoms with Gasteiger partial charge in [-0.15, -0.1) is 0 Å². The molecule has 2 rings (SSSR count). The highest BCUT2D eigenvalue weighted by molar-refractivity contribution is 6.29. The molecule has 0 aliphatic carbocycles. The summed E-state index contributed by atoms with van der Waals surface area (Å²) in [6, 6.07) is 5.27. The van der Waals surface area contributed by atoms with Gasteiger partial charge >= 0.3 is 6.09 Å². The highest BCUT2D eigenvalue weighted by Crippen LogP contribution is 2.16. The van der Waals surface area contributed by atoms with Gasteiger partial charge < -0.3 is 4.74 Å². The van der Waals surface area contributed by atoms with Gasteiger partial charge in [0.05, 0.1) is 6.61 Å². The van der Waals surface area contributed by atoms with E-state index >= 15 is 0 Å². The lowest BCUT2D eigenvalue weighted by molar-refractivity contribution is 0.155. The second-order valence-corrected chi connectivity index (χ2v) is 3.32. The third kappa shape index (κ3) is 1.80. The molecule has 0 saturated carbocycles. The third-order valence-electron chi connectivity index (χ3n) is 1.97. The maximum absolute atomic E-state index is 11.5. The van der Waals surface area contributed by atoms with Crippen LogP contribution in [-0.2, 0) is 4.74 Å². The molecule has 0 fully saturated rings. The average Bonchev–Trinajstić information content (AvgIpc) is 2.60. The van der Waals surface area contributed by atoms with E-state index in [0.717, 1.165) is 5.39 Å². The number of nitrogens with zero attached hydrogens (tertiary/aromatic N) is 2. The lowest BCUT2D eigenvalue weighted by Gasteiger charge is -2.02. The van der Waals surface area contributed by atoms with Crippen molar-refractivity contribution < 1.29 is 9.53 Å². The molecule has 0 N–H and O–H groups in total. The second-order valence-electron chi connectivity index (χ2n) is 2.93. The maximum atomic E-state index is 11.5. The van der Waals surface area contributed by atoms with E-state index in [1.807, 2.05) is 0 Å². The molecule has 2 aromatic rings. The summed E-state index contributed by atoms with van der Waals surface area (Å²) < 4.78 is 6.21. The lowest BCUT2D eigenvalue weighted by Crippen LogP contribution is -2.12. The second kappa shape index (κ2) is 3.90. The molecule has 2 heterocycles. The summed E-state index contributed by atoms with van der Waals surface area (Å²) in [4.78, 5) is 15.6. The Morgan fingerprint density at radius 3 is 3.07 bits per heavy atom. The van der Waals surface area contributed by atoms with Gasteiger partial charge in [0.2, 0.25) is 0 Å². The Morgan fingerprint density at radius 2 is 2.33 bits per heavy atom. The minimum absolute atomic E-state index is 0.332. The Kier molecular flexibility index (Phi) is 2.60. The first-order valence-electron chi connectivity index (χ1n) is 4.53. The first kappa shape index (κ1) is 9.98. The highest BCUT2D eigenvalue weighted by atomic mass is 35.5. The van der Waals surface area contributed by atoms with Crippen LogP contribution in [0.1, 0.15) is 6.92 Å². The highest BCUT2D eigenvalue weighted by Gasteiger charge is 2.10. The molecule has 0 bridgehead atoms. The van der Waals surface area contributed by atoms with Gasteiger partial charge in [0.1, 0.15) is 5.15 Å². The van der Waals surface area contributed by atoms with Crippen LogP contribution in [-0.4, -0.2) is 22.3 Å². The summed E-state index contributed by atoms with van der Waals surface area (Å²) >= 11 is 5.75. The number of carbonyl (C=O) groups is 1. The topological polar surface area (TPSA) is 44.1 Å². The number of pyridine rings is 1. The number of hydrogen-bond donors (Lipinski definition) is 0. The number of rotatable bonds is 1. The number of ether oxygens (including phenoxy) is 1. The largest absolute Gasteiger partial charge is 0.449 e. The van der Waals surface area contributed by atoms with E-state index in [2.05, 4.69) is 4.98 Å². The molecule has 5 heteroatoms. The van der Waals surface area contributed by atoms with Gasteiger partial charge in [-0.2, -0.15) is 0 Å². The van der Waals surface area contributed by atoms with Gasteiger partial charge in [0, 0.05) is 11.6 Å². The van der Waals surface area contributed by atoms with E-state index in [4.69, 9.17) is 16.3 Å². The van der Waals surface area contributed by atoms with E-state index in [1.165, 1.54) is 4.57 Å². The van der Waals surface area contributed by atoms with Crippen molar-refractivity contribution in [1.29, 1.82) is 0 Å². The molecule has 0 atom stereocenters. The predicted molar refractivity (Wildman–Crippen MR) is 57.2 cm³/mol. The fourth-order valence-corrected chi connectivity index (χ4v) is 1.47. The van der Waals surface area contributed by atoms with Gasteiger partial charge in [0.15, 0.2) is 5.65 Å². The number of hydrogen-bond acceptors (Lipinski definition) is 3. The van der Waals surface area contributed by atoms with Crippen molar-refractivity contribution in [2.24, 2.45) is 0 Å². The molecule has 0 aliphatic heterocycles. The molecule has 0 amide bonds. The van der Waals surface area contributed by atoms with Gasteiger partial charge in [0.25, 0.3) is 0 Å². The molecule has 0 aliphatic rings. The van der Waals surface area contributed by atoms with Crippen LogP contribution in [0.3, 0.4) is 0 Å². The fraction of sp³-hybridized carbons (Fsp3) is 0.200. The van der Waals surface area contributed by atoms with Crippen LogP contribution < -0.4 is 0 Å². The minimum atomic E-state index is -0.442. The quantitative estimate of drug-likeness (QED) is 0.700. The van der Waals surface area contributed by atoms with E-state index in [-0.39, 0.29) is 0 Å². The van der Waals surface area contributed by atoms with Crippen LogP contribution in [0.4, 0.5) is 4.79 Å². The van der Waals surface area contributed by atoms with Crippen molar-refractivity contribution in [3.8, 4) is 0 Å². The molecular formula is C10H9ClN2O2. The first-order valence-corrected chi connectivity index (χ1v) is 4.91. The van der Waals surface area contributed by atoms with E-state index in [0.29, 0.717) is 17.4 Å². The molecule has 4 nitrogen and oxygen atoms in total. The maximum Gasteiger partial charge on any atom is 0.419 e. The van der Waals surface area contributed by atoms with Crippen LogP contribution >= 0.6 is 11.6 Å². The van der Waals surface area contributed by atoms with Crippen LogP contribution in [0.15, 0.2) is 24.4 Å². The molecule has 0 saturated heterocycles. The predicted octanol–water partition coefficient (Wildman–Crippen LogP) is 2.69. The number of fused-ring (bicyclic) bond motifs is 1. The Bertz CT molecular complexity index is 507. The number of aromatic nitrogens is 2. The monoisotopic (exact) mass is 224 g/mol. The number of halogens is 1. The van der Waals surface area contributed by atoms with Crippen LogP contribution in [0, 0.1) is 0 Å². The zero-order valence-electron chi connectivity index (χ0n) is 8.11. The standard InChI is InChI=1S/C10H9ClN2O2/c1-2-15-10(14)13-6-5-7-3-4-8(11)12-9(7)13/h3-6H,2H2,1H3. The van der Waals surface area contributed by atoms with Gasteiger partial charge in [-0.05, 0) is 25.1 Å². The SMILES string of the molecule is CCOC(=O)n1ccc2ccc(Cl)nc21. The normalized spacial score (nSPS) is 10.5. The van der Waals surface area contributed by atoms with E-state index in [9.17, 15) is 4.79 Å². The van der Waals surface area contributed by atoms with Crippen molar-refractivity contribution in [2.75, 3.05) is 6.61 Å². The molecule has 2 aromatic heterocycles. The Labute approximate surface area is 91.4 Å². The molecule has 78 valence electrons. The third-order valence-corrected chi connectivity index (χ3v) is 2.18. The minimum Gasteiger partial charge on any atom is -0.449 e. The Morgan fingerprint density at radius 1 is 1.53 bits per heavy atom. The fourth-order valence-electron chi connectivity index (χ4n) is 1.32. The summed E-state index contributed by atoms with van der Waals surface area (Å²) in [6.45, 7) is 2.09. The molecular weight excluding hydrogens is 216 g/mol. The van der Waals surface area contributed by atoms with Crippen LogP contribution in [0.2, 0.25) is 5.15 Å². The van der Waals surface area contributed by atoms with Crippen molar-refractivity contribution >= 4 is 28.7 Å². The van der Waals surface area contributed by atoms with Crippen molar-refractivity contribution in [3.63, 3.8) is 0 Å². The van der Waals surface area contributed by atoms with Gasteiger partial charge in [-0.25, -0.2) is 14.3 Å². The molecule has 0 spiro atoms. The zero-order chi connectivity index (χ0) is 10.8. The Hall–Kier alpha value is -1.55. The summed E-state index contributed by atoms with van der Waals surface area (Å²) in [5.41, 5.74) is 0.515. The van der Waals surface area contributed by atoms with E-state index < -0.39 is 6.09 Å². The van der Waals surface area contributed by atoms with Crippen LogP contribution in [0.5, 0.6) is 0 Å². The average molecular weight is 225 g/mol. The molecule has 0 unspecified atom stereocenters. The van der Waals surface area contributed by atoms with Gasteiger partial charge in [-0.3, -0.25) is 0 Å². The van der Waals surface area contributed by atoms with Crippen molar-refractivity contribution in [1.82, 2.24) is 9.55 Å². The van der Waals surface area contributed by atoms with Crippen LogP contribution in [0.25, 0.3) is 11.0 Å². The van der Waals surface area contributed by atoms with E-state index in [1.54, 1.807) is 31.3 Å². The Balaban J connectivity index is 2.52. The van der Waals surface area contributed by atoms with Crippen molar-refractivity contribution in [2.45, 2.75) is 6.92 Å². The lowest BCUT2D eigenvalue weighted by atomic mass is 10.3. The van der Waals surface area contributed by atoms with Gasteiger partial charge in [-0.1, -0.05) is 11.6 Å². The first-order chi connectivity index (χ1) is 7.22. The summed E-state index contributed by atoms with van der Waals surface area (Å²) in [5.74, 6) is 0. The zero-order valence-corrected chi connectivity index (χ0v) is 8.86. The smallest absolute Gasteiger partial charge is 0.419 e. The molecule has 15 heavy (non-hydrogen) atoms. The summed E-state index contributed by atoms with van der Waals surface area (Å²) in [7, 11) is 0. The molecule has 0 radical (unpaired) electrons. The number of carbonyl (C=O) groups excluding carboxylic acids is 1.